The number of nitrogens with one attached hydrogen (secondary N) is 1. The van der Waals surface area contributed by atoms with Crippen LogP contribution in [0.25, 0.3) is 0 Å². The van der Waals surface area contributed by atoms with Crippen molar-refractivity contribution >= 4 is 5.91 Å². The molecule has 0 saturated carbocycles. The molecule has 76 valence electrons. The van der Waals surface area contributed by atoms with E-state index in [1.807, 2.05) is 6.92 Å². The van der Waals surface area contributed by atoms with E-state index in [9.17, 15) is 9.18 Å². The first kappa shape index (κ1) is 10.5. The van der Waals surface area contributed by atoms with Crippen molar-refractivity contribution in [3.8, 4) is 5.75 Å². The molecule has 0 aliphatic carbocycles. The van der Waals surface area contributed by atoms with Crippen molar-refractivity contribution in [3.63, 3.8) is 0 Å². The van der Waals surface area contributed by atoms with Gasteiger partial charge < -0.3 is 10.1 Å². The molecule has 4 heteroatoms. The number of rotatable bonds is 4. The summed E-state index contributed by atoms with van der Waals surface area (Å²) in [5, 5.41) is 2.57. The number of amides is 1. The van der Waals surface area contributed by atoms with Crippen LogP contribution in [0.4, 0.5) is 4.39 Å². The minimum Gasteiger partial charge on any atom is -0.484 e. The van der Waals surface area contributed by atoms with E-state index in [0.29, 0.717) is 12.3 Å². The Morgan fingerprint density at radius 1 is 1.57 bits per heavy atom. The molecule has 1 N–H and O–H groups in total. The third-order valence-electron chi connectivity index (χ3n) is 1.54. The van der Waals surface area contributed by atoms with Gasteiger partial charge in [-0.05, 0) is 19.1 Å². The fourth-order valence-electron chi connectivity index (χ4n) is 0.954. The molecular formula is C10H12FNO2. The maximum Gasteiger partial charge on any atom is 0.257 e. The molecule has 1 aromatic carbocycles. The van der Waals surface area contributed by atoms with Crippen LogP contribution in [0.1, 0.15) is 6.92 Å². The Kier molecular flexibility index (Phi) is 3.91. The lowest BCUT2D eigenvalue weighted by Crippen LogP contribution is -2.28. The number of hydrogen-bond acceptors (Lipinski definition) is 2. The molecule has 1 amide bonds. The van der Waals surface area contributed by atoms with E-state index < -0.39 is 0 Å². The third kappa shape index (κ3) is 3.43. The molecule has 3 nitrogen and oxygen atoms in total. The van der Waals surface area contributed by atoms with Gasteiger partial charge in [0, 0.05) is 12.6 Å². The highest BCUT2D eigenvalue weighted by Crippen LogP contribution is 2.11. The molecule has 0 atom stereocenters. The molecule has 0 fully saturated rings. The van der Waals surface area contributed by atoms with Gasteiger partial charge in [-0.1, -0.05) is 6.07 Å². The lowest BCUT2D eigenvalue weighted by molar-refractivity contribution is -0.122. The Balaban J connectivity index is 2.41. The van der Waals surface area contributed by atoms with Crippen molar-refractivity contribution < 1.29 is 13.9 Å². The van der Waals surface area contributed by atoms with E-state index in [2.05, 4.69) is 5.32 Å². The molecular weight excluding hydrogens is 185 g/mol. The summed E-state index contributed by atoms with van der Waals surface area (Å²) in [6.45, 7) is 2.29. The number of carbonyl (C=O) groups is 1. The molecule has 0 aromatic heterocycles. The van der Waals surface area contributed by atoms with Gasteiger partial charge in [-0.2, -0.15) is 0 Å². The van der Waals surface area contributed by atoms with Crippen molar-refractivity contribution in [2.45, 2.75) is 6.92 Å². The molecule has 0 heterocycles. The number of ether oxygens (including phenoxy) is 1. The topological polar surface area (TPSA) is 38.3 Å². The van der Waals surface area contributed by atoms with Gasteiger partial charge in [0.05, 0.1) is 0 Å². The minimum atomic E-state index is -0.376. The number of halogens is 1. The number of benzene rings is 1. The fraction of sp³-hybridized carbons (Fsp3) is 0.300. The molecule has 14 heavy (non-hydrogen) atoms. The monoisotopic (exact) mass is 197 g/mol. The van der Waals surface area contributed by atoms with Crippen LogP contribution in [-0.4, -0.2) is 19.1 Å². The van der Waals surface area contributed by atoms with Crippen molar-refractivity contribution in [2.24, 2.45) is 0 Å². The first-order chi connectivity index (χ1) is 6.72. The Hall–Kier alpha value is -1.58. The Morgan fingerprint density at radius 3 is 3.00 bits per heavy atom. The van der Waals surface area contributed by atoms with Gasteiger partial charge in [0.15, 0.2) is 6.61 Å². The van der Waals surface area contributed by atoms with E-state index >= 15 is 0 Å². The molecule has 0 bridgehead atoms. The number of likely N-dealkylation sites (N-methyl/N-ethyl adjacent to an activating group) is 1. The highest BCUT2D eigenvalue weighted by atomic mass is 19.1. The van der Waals surface area contributed by atoms with Gasteiger partial charge in [-0.3, -0.25) is 4.79 Å². The summed E-state index contributed by atoms with van der Waals surface area (Å²) in [6.07, 6.45) is 0. The highest BCUT2D eigenvalue weighted by Gasteiger charge is 2.01. The Labute approximate surface area is 81.9 Å². The van der Waals surface area contributed by atoms with Crippen molar-refractivity contribution in [3.05, 3.63) is 30.1 Å². The standard InChI is InChI=1S/C10H12FNO2/c1-2-12-10(13)7-14-9-5-3-4-8(11)6-9/h3-6H,2,7H2,1H3,(H,12,13). The van der Waals surface area contributed by atoms with E-state index in [1.54, 1.807) is 6.07 Å². The summed E-state index contributed by atoms with van der Waals surface area (Å²) in [5.74, 6) is -0.230. The Bertz CT molecular complexity index is 315. The first-order valence-corrected chi connectivity index (χ1v) is 4.37. The van der Waals surface area contributed by atoms with Gasteiger partial charge in [0.25, 0.3) is 5.91 Å². The van der Waals surface area contributed by atoms with Crippen molar-refractivity contribution in [1.82, 2.24) is 5.32 Å². The van der Waals surface area contributed by atoms with E-state index in [0.717, 1.165) is 0 Å². The molecule has 0 aliphatic heterocycles. The van der Waals surface area contributed by atoms with Gasteiger partial charge in [-0.15, -0.1) is 0 Å². The second-order valence-electron chi connectivity index (χ2n) is 2.70. The maximum atomic E-state index is 12.7. The van der Waals surface area contributed by atoms with Crippen molar-refractivity contribution in [2.75, 3.05) is 13.2 Å². The average Bonchev–Trinajstić information content (AvgIpc) is 2.15. The summed E-state index contributed by atoms with van der Waals surface area (Å²) in [7, 11) is 0. The van der Waals surface area contributed by atoms with Crippen LogP contribution in [0.2, 0.25) is 0 Å². The van der Waals surface area contributed by atoms with Crippen LogP contribution < -0.4 is 10.1 Å². The summed E-state index contributed by atoms with van der Waals surface area (Å²) in [5.41, 5.74) is 0. The van der Waals surface area contributed by atoms with Crippen LogP contribution >= 0.6 is 0 Å². The molecule has 0 aliphatic rings. The lowest BCUT2D eigenvalue weighted by Gasteiger charge is -2.05. The smallest absolute Gasteiger partial charge is 0.257 e. The van der Waals surface area contributed by atoms with Crippen LogP contribution in [-0.2, 0) is 4.79 Å². The minimum absolute atomic E-state index is 0.0860. The van der Waals surface area contributed by atoms with Crippen LogP contribution in [0, 0.1) is 5.82 Å². The van der Waals surface area contributed by atoms with Crippen LogP contribution in [0.3, 0.4) is 0 Å². The normalized spacial score (nSPS) is 9.57. The zero-order valence-electron chi connectivity index (χ0n) is 7.92. The fourth-order valence-corrected chi connectivity index (χ4v) is 0.954. The summed E-state index contributed by atoms with van der Waals surface area (Å²) in [4.78, 5) is 11.0. The lowest BCUT2D eigenvalue weighted by atomic mass is 10.3. The van der Waals surface area contributed by atoms with E-state index in [1.165, 1.54) is 18.2 Å². The second-order valence-corrected chi connectivity index (χ2v) is 2.70. The molecule has 1 aromatic rings. The van der Waals surface area contributed by atoms with Crippen molar-refractivity contribution in [1.29, 1.82) is 0 Å². The molecule has 1 rings (SSSR count). The van der Waals surface area contributed by atoms with Crippen LogP contribution in [0.5, 0.6) is 5.75 Å². The van der Waals surface area contributed by atoms with Gasteiger partial charge in [-0.25, -0.2) is 4.39 Å². The SMILES string of the molecule is CCNC(=O)COc1cccc(F)c1. The second kappa shape index (κ2) is 5.21. The molecule has 0 unspecified atom stereocenters. The third-order valence-corrected chi connectivity index (χ3v) is 1.54. The van der Waals surface area contributed by atoms with Gasteiger partial charge in [0.1, 0.15) is 11.6 Å². The Morgan fingerprint density at radius 2 is 2.36 bits per heavy atom. The van der Waals surface area contributed by atoms with Crippen LogP contribution in [0.15, 0.2) is 24.3 Å². The zero-order chi connectivity index (χ0) is 10.4. The molecule has 0 spiro atoms. The number of carbonyl (C=O) groups excluding carboxylic acids is 1. The van der Waals surface area contributed by atoms with E-state index in [4.69, 9.17) is 4.74 Å². The average molecular weight is 197 g/mol. The predicted molar refractivity (Wildman–Crippen MR) is 50.6 cm³/mol. The van der Waals surface area contributed by atoms with E-state index in [-0.39, 0.29) is 18.3 Å². The summed E-state index contributed by atoms with van der Waals surface area (Å²) in [6, 6.07) is 5.68. The summed E-state index contributed by atoms with van der Waals surface area (Å²) >= 11 is 0. The maximum absolute atomic E-state index is 12.7. The zero-order valence-corrected chi connectivity index (χ0v) is 7.92. The van der Waals surface area contributed by atoms with Gasteiger partial charge in [0.2, 0.25) is 0 Å². The first-order valence-electron chi connectivity index (χ1n) is 4.37. The quantitative estimate of drug-likeness (QED) is 0.791. The molecule has 0 saturated heterocycles. The van der Waals surface area contributed by atoms with Gasteiger partial charge >= 0.3 is 0 Å². The number of hydrogen-bond donors (Lipinski definition) is 1. The summed E-state index contributed by atoms with van der Waals surface area (Å²) < 4.78 is 17.7. The molecule has 0 radical (unpaired) electrons. The highest BCUT2D eigenvalue weighted by molar-refractivity contribution is 5.77. The largest absolute Gasteiger partial charge is 0.484 e. The predicted octanol–water partition coefficient (Wildman–Crippen LogP) is 1.34.